The Morgan fingerprint density at radius 2 is 1.81 bits per heavy atom. The zero-order valence-electron chi connectivity index (χ0n) is 20.2. The third-order valence-corrected chi connectivity index (χ3v) is 5.96. The van der Waals surface area contributed by atoms with Crippen LogP contribution in [0.3, 0.4) is 0 Å². The van der Waals surface area contributed by atoms with Crippen molar-refractivity contribution in [3.63, 3.8) is 0 Å². The molecule has 0 fully saturated rings. The Kier molecular flexibility index (Phi) is 6.66. The molecule has 2 N–H and O–H groups in total. The molecule has 0 aliphatic carbocycles. The summed E-state index contributed by atoms with van der Waals surface area (Å²) in [6, 6.07) is 23.1. The molecule has 0 aliphatic heterocycles. The van der Waals surface area contributed by atoms with Crippen molar-refractivity contribution >= 4 is 16.9 Å². The van der Waals surface area contributed by atoms with E-state index >= 15 is 0 Å². The summed E-state index contributed by atoms with van der Waals surface area (Å²) in [6.07, 6.45) is 3.24. The fourth-order valence-corrected chi connectivity index (χ4v) is 4.12. The summed E-state index contributed by atoms with van der Waals surface area (Å²) < 4.78 is 12.6. The van der Waals surface area contributed by atoms with E-state index in [1.807, 2.05) is 66.7 Å². The topological polar surface area (TPSA) is 94.1 Å². The Balaban J connectivity index is 1.37. The van der Waals surface area contributed by atoms with Crippen molar-refractivity contribution in [3.8, 4) is 28.4 Å². The smallest absolute Gasteiger partial charge is 0.255 e. The number of carbonyl (C=O) groups is 1. The summed E-state index contributed by atoms with van der Waals surface area (Å²) in [5, 5.41) is 7.79. The number of aromatic nitrogens is 4. The number of ether oxygens (including phenoxy) is 2. The minimum Gasteiger partial charge on any atom is -0.497 e. The predicted molar refractivity (Wildman–Crippen MR) is 139 cm³/mol. The highest BCUT2D eigenvalue weighted by Gasteiger charge is 2.21. The lowest BCUT2D eigenvalue weighted by molar-refractivity contribution is 0.0954. The number of imidazole rings is 1. The number of nitrogens with zero attached hydrogens (tertiary/aromatic N) is 3. The van der Waals surface area contributed by atoms with Gasteiger partial charge in [0.1, 0.15) is 23.0 Å². The van der Waals surface area contributed by atoms with Gasteiger partial charge in [-0.3, -0.25) is 4.79 Å². The highest BCUT2D eigenvalue weighted by molar-refractivity contribution is 6.00. The summed E-state index contributed by atoms with van der Waals surface area (Å²) in [4.78, 5) is 21.2. The minimum absolute atomic E-state index is 0.199. The van der Waals surface area contributed by atoms with Gasteiger partial charge in [0.2, 0.25) is 0 Å². The van der Waals surface area contributed by atoms with Gasteiger partial charge in [0.05, 0.1) is 36.5 Å². The molecule has 8 heteroatoms. The van der Waals surface area contributed by atoms with Gasteiger partial charge >= 0.3 is 0 Å². The standard InChI is InChI=1S/C28H27N5O3/c1-35-20-14-15-21(25(17-20)36-2)27-22(18-33(32-27)19-9-4-3-5-10-19)28(34)29-16-8-13-26-30-23-11-6-7-12-24(23)31-26/h3-7,9-12,14-15,17-18H,8,13,16H2,1-2H3,(H,29,34)(H,30,31). The van der Waals surface area contributed by atoms with Crippen molar-refractivity contribution in [2.45, 2.75) is 12.8 Å². The zero-order chi connectivity index (χ0) is 24.9. The summed E-state index contributed by atoms with van der Waals surface area (Å²) in [7, 11) is 3.19. The molecular weight excluding hydrogens is 454 g/mol. The number of rotatable bonds is 9. The number of aryl methyl sites for hydroxylation is 1. The molecule has 8 nitrogen and oxygen atoms in total. The third kappa shape index (κ3) is 4.79. The SMILES string of the molecule is COc1ccc(-c2nn(-c3ccccc3)cc2C(=O)NCCCc2nc3ccccc3[nH]2)c(OC)c1. The number of para-hydroxylation sites is 3. The molecule has 5 aromatic rings. The lowest BCUT2D eigenvalue weighted by atomic mass is 10.1. The van der Waals surface area contributed by atoms with Gasteiger partial charge < -0.3 is 19.8 Å². The molecule has 0 saturated carbocycles. The number of fused-ring (bicyclic) bond motifs is 1. The maximum atomic E-state index is 13.3. The molecule has 182 valence electrons. The summed E-state index contributed by atoms with van der Waals surface area (Å²) >= 11 is 0. The van der Waals surface area contributed by atoms with Crippen LogP contribution in [0.25, 0.3) is 28.0 Å². The van der Waals surface area contributed by atoms with Gasteiger partial charge in [0, 0.05) is 30.8 Å². The van der Waals surface area contributed by atoms with Crippen LogP contribution in [0.4, 0.5) is 0 Å². The molecule has 5 rings (SSSR count). The van der Waals surface area contributed by atoms with E-state index in [4.69, 9.17) is 14.6 Å². The average Bonchev–Trinajstić information content (AvgIpc) is 3.55. The van der Waals surface area contributed by atoms with Gasteiger partial charge in [0.15, 0.2) is 0 Å². The number of benzene rings is 3. The molecule has 0 aliphatic rings. The quantitative estimate of drug-likeness (QED) is 0.295. The van der Waals surface area contributed by atoms with Gasteiger partial charge in [-0.2, -0.15) is 5.10 Å². The van der Waals surface area contributed by atoms with Crippen LogP contribution in [0, 0.1) is 0 Å². The van der Waals surface area contributed by atoms with Crippen molar-refractivity contribution in [2.24, 2.45) is 0 Å². The summed E-state index contributed by atoms with van der Waals surface area (Å²) in [5.41, 5.74) is 4.53. The van der Waals surface area contributed by atoms with Crippen LogP contribution in [0.2, 0.25) is 0 Å². The largest absolute Gasteiger partial charge is 0.497 e. The van der Waals surface area contributed by atoms with E-state index in [9.17, 15) is 4.79 Å². The Morgan fingerprint density at radius 1 is 1.00 bits per heavy atom. The molecule has 3 aromatic carbocycles. The molecular formula is C28H27N5O3. The number of hydrogen-bond acceptors (Lipinski definition) is 5. The normalized spacial score (nSPS) is 10.9. The van der Waals surface area contributed by atoms with Crippen LogP contribution in [0.5, 0.6) is 11.5 Å². The molecule has 0 atom stereocenters. The number of carbonyl (C=O) groups excluding carboxylic acids is 1. The Bertz CT molecular complexity index is 1460. The van der Waals surface area contributed by atoms with E-state index in [2.05, 4.69) is 15.3 Å². The van der Waals surface area contributed by atoms with Crippen molar-refractivity contribution in [1.82, 2.24) is 25.1 Å². The molecule has 0 radical (unpaired) electrons. The van der Waals surface area contributed by atoms with E-state index in [-0.39, 0.29) is 5.91 Å². The number of methoxy groups -OCH3 is 2. The maximum absolute atomic E-state index is 13.3. The molecule has 0 bridgehead atoms. The van der Waals surface area contributed by atoms with Crippen LogP contribution in [-0.4, -0.2) is 46.4 Å². The summed E-state index contributed by atoms with van der Waals surface area (Å²) in [5.74, 6) is 1.95. The van der Waals surface area contributed by atoms with Crippen molar-refractivity contribution in [2.75, 3.05) is 20.8 Å². The van der Waals surface area contributed by atoms with Crippen LogP contribution in [0.15, 0.2) is 79.0 Å². The van der Waals surface area contributed by atoms with E-state index < -0.39 is 0 Å². The molecule has 0 spiro atoms. The fourth-order valence-electron chi connectivity index (χ4n) is 4.12. The van der Waals surface area contributed by atoms with E-state index in [0.29, 0.717) is 34.9 Å². The molecule has 2 aromatic heterocycles. The van der Waals surface area contributed by atoms with Crippen LogP contribution in [0.1, 0.15) is 22.6 Å². The fraction of sp³-hybridized carbons (Fsp3) is 0.179. The Morgan fingerprint density at radius 3 is 2.58 bits per heavy atom. The van der Waals surface area contributed by atoms with Crippen LogP contribution >= 0.6 is 0 Å². The molecule has 2 heterocycles. The lowest BCUT2D eigenvalue weighted by Crippen LogP contribution is -2.25. The third-order valence-electron chi connectivity index (χ3n) is 5.96. The van der Waals surface area contributed by atoms with E-state index in [1.165, 1.54) is 0 Å². The number of aromatic amines is 1. The Hall–Kier alpha value is -4.59. The average molecular weight is 482 g/mol. The van der Waals surface area contributed by atoms with Crippen LogP contribution in [-0.2, 0) is 6.42 Å². The first kappa shape index (κ1) is 23.2. The second-order valence-electron chi connectivity index (χ2n) is 8.30. The van der Waals surface area contributed by atoms with Gasteiger partial charge in [-0.15, -0.1) is 0 Å². The first-order chi connectivity index (χ1) is 17.7. The van der Waals surface area contributed by atoms with Crippen molar-refractivity contribution in [3.05, 3.63) is 90.4 Å². The first-order valence-electron chi connectivity index (χ1n) is 11.8. The zero-order valence-corrected chi connectivity index (χ0v) is 20.2. The van der Waals surface area contributed by atoms with Crippen molar-refractivity contribution in [1.29, 1.82) is 0 Å². The lowest BCUT2D eigenvalue weighted by Gasteiger charge is -2.10. The second-order valence-corrected chi connectivity index (χ2v) is 8.30. The van der Waals surface area contributed by atoms with Gasteiger partial charge in [-0.05, 0) is 42.8 Å². The van der Waals surface area contributed by atoms with E-state index in [0.717, 1.165) is 35.4 Å². The monoisotopic (exact) mass is 481 g/mol. The number of hydrogen-bond donors (Lipinski definition) is 2. The first-order valence-corrected chi connectivity index (χ1v) is 11.8. The van der Waals surface area contributed by atoms with Gasteiger partial charge in [0.25, 0.3) is 5.91 Å². The highest BCUT2D eigenvalue weighted by atomic mass is 16.5. The molecule has 1 amide bonds. The Labute approximate surface area is 208 Å². The van der Waals surface area contributed by atoms with Crippen molar-refractivity contribution < 1.29 is 14.3 Å². The number of nitrogens with one attached hydrogen (secondary N) is 2. The number of amides is 1. The second kappa shape index (κ2) is 10.4. The molecule has 0 saturated heterocycles. The van der Waals surface area contributed by atoms with Gasteiger partial charge in [-0.1, -0.05) is 30.3 Å². The molecule has 36 heavy (non-hydrogen) atoms. The molecule has 0 unspecified atom stereocenters. The van der Waals surface area contributed by atoms with E-state index in [1.54, 1.807) is 31.2 Å². The summed E-state index contributed by atoms with van der Waals surface area (Å²) in [6.45, 7) is 0.506. The highest BCUT2D eigenvalue weighted by Crippen LogP contribution is 2.34. The predicted octanol–water partition coefficient (Wildman–Crippen LogP) is 4.80. The number of H-pyrrole nitrogens is 1. The minimum atomic E-state index is -0.199. The van der Waals surface area contributed by atoms with Gasteiger partial charge in [-0.25, -0.2) is 9.67 Å². The van der Waals surface area contributed by atoms with Crippen LogP contribution < -0.4 is 14.8 Å². The maximum Gasteiger partial charge on any atom is 0.255 e.